The van der Waals surface area contributed by atoms with Crippen LogP contribution in [-0.2, 0) is 33.7 Å². The number of halogens is 4. The Balaban J connectivity index is 0.000000383. The summed E-state index contributed by atoms with van der Waals surface area (Å²) in [7, 11) is 1.65. The summed E-state index contributed by atoms with van der Waals surface area (Å²) in [4.78, 5) is 23.7. The van der Waals surface area contributed by atoms with E-state index in [1.54, 1.807) is 25.3 Å². The number of carbonyl (C=O) groups is 2. The molecule has 7 nitrogen and oxygen atoms in total. The van der Waals surface area contributed by atoms with Crippen LogP contribution in [0.4, 0.5) is 17.6 Å². The van der Waals surface area contributed by atoms with Gasteiger partial charge in [-0.2, -0.15) is 18.3 Å². The highest BCUT2D eigenvalue weighted by Crippen LogP contribution is 2.35. The van der Waals surface area contributed by atoms with Gasteiger partial charge in [-0.05, 0) is 42.4 Å². The van der Waals surface area contributed by atoms with Crippen LogP contribution in [0.1, 0.15) is 35.7 Å². The van der Waals surface area contributed by atoms with Gasteiger partial charge in [0.1, 0.15) is 5.82 Å². The van der Waals surface area contributed by atoms with Gasteiger partial charge in [0.05, 0.1) is 31.0 Å². The number of hydrogen-bond acceptors (Lipinski definition) is 4. The first kappa shape index (κ1) is 24.7. The van der Waals surface area contributed by atoms with Crippen LogP contribution < -0.4 is 0 Å². The van der Waals surface area contributed by atoms with Crippen LogP contribution in [0.5, 0.6) is 0 Å². The zero-order chi connectivity index (χ0) is 24.2. The van der Waals surface area contributed by atoms with E-state index in [4.69, 9.17) is 14.6 Å². The summed E-state index contributed by atoms with van der Waals surface area (Å²) in [6.45, 7) is 1.95. The Morgan fingerprint density at radius 3 is 2.48 bits per heavy atom. The number of methoxy groups -OCH3 is 1. The summed E-state index contributed by atoms with van der Waals surface area (Å²) < 4.78 is 53.2. The minimum absolute atomic E-state index is 0.0676. The summed E-state index contributed by atoms with van der Waals surface area (Å²) in [5.74, 6) is -2.46. The van der Waals surface area contributed by atoms with E-state index in [1.165, 1.54) is 24.5 Å². The number of aliphatic carboxylic acids is 1. The van der Waals surface area contributed by atoms with Crippen LogP contribution in [0.3, 0.4) is 0 Å². The predicted octanol–water partition coefficient (Wildman–Crippen LogP) is 3.38. The van der Waals surface area contributed by atoms with Gasteiger partial charge in [0.25, 0.3) is 0 Å². The van der Waals surface area contributed by atoms with Crippen molar-refractivity contribution < 1.29 is 37.0 Å². The van der Waals surface area contributed by atoms with E-state index in [1.807, 2.05) is 11.1 Å². The molecule has 180 valence electrons. The lowest BCUT2D eigenvalue weighted by molar-refractivity contribution is -0.192. The summed E-state index contributed by atoms with van der Waals surface area (Å²) in [5, 5.41) is 11.7. The van der Waals surface area contributed by atoms with Crippen molar-refractivity contribution in [2.75, 3.05) is 20.3 Å². The maximum absolute atomic E-state index is 14.0. The van der Waals surface area contributed by atoms with Gasteiger partial charge < -0.3 is 14.7 Å². The highest BCUT2D eigenvalue weighted by atomic mass is 19.4. The zero-order valence-corrected chi connectivity index (χ0v) is 18.0. The molecule has 0 bridgehead atoms. The number of carboxylic acid groups (broad SMARTS) is 1. The second-order valence-corrected chi connectivity index (χ2v) is 8.06. The van der Waals surface area contributed by atoms with Crippen LogP contribution in [0, 0.1) is 11.7 Å². The minimum atomic E-state index is -5.08. The van der Waals surface area contributed by atoms with Crippen molar-refractivity contribution in [2.24, 2.45) is 5.92 Å². The molecule has 0 radical (unpaired) electrons. The quantitative estimate of drug-likeness (QED) is 0.653. The first-order chi connectivity index (χ1) is 15.6. The molecule has 1 aliphatic heterocycles. The Kier molecular flexibility index (Phi) is 7.72. The topological polar surface area (TPSA) is 84.7 Å². The predicted molar refractivity (Wildman–Crippen MR) is 109 cm³/mol. The summed E-state index contributed by atoms with van der Waals surface area (Å²) in [6.07, 6.45) is 0.195. The number of rotatable bonds is 6. The van der Waals surface area contributed by atoms with Gasteiger partial charge in [-0.25, -0.2) is 9.18 Å². The van der Waals surface area contributed by atoms with E-state index >= 15 is 0 Å². The SMILES string of the molecule is COCC1c2c(cnn2CC2CC2)CCN1C(=O)Cc1ccccc1F.O=C(O)C(F)(F)F. The molecular formula is C22H25F4N3O4. The Morgan fingerprint density at radius 2 is 1.91 bits per heavy atom. The molecule has 2 aromatic rings. The fourth-order valence-electron chi connectivity index (χ4n) is 3.78. The van der Waals surface area contributed by atoms with E-state index in [2.05, 4.69) is 9.78 Å². The van der Waals surface area contributed by atoms with Gasteiger partial charge in [0.2, 0.25) is 5.91 Å². The van der Waals surface area contributed by atoms with Crippen molar-refractivity contribution >= 4 is 11.9 Å². The molecule has 1 atom stereocenters. The fourth-order valence-corrected chi connectivity index (χ4v) is 3.78. The number of ether oxygens (including phenoxy) is 1. The van der Waals surface area contributed by atoms with Gasteiger partial charge in [0.15, 0.2) is 0 Å². The molecule has 1 saturated carbocycles. The van der Waals surface area contributed by atoms with Crippen molar-refractivity contribution in [3.63, 3.8) is 0 Å². The maximum atomic E-state index is 14.0. The van der Waals surface area contributed by atoms with E-state index in [0.29, 0.717) is 24.6 Å². The molecule has 1 aromatic heterocycles. The monoisotopic (exact) mass is 471 g/mol. The standard InChI is InChI=1S/C20H24FN3O2.C2HF3O2/c1-26-13-18-20-16(11-22-24(20)12-14-6-7-14)8-9-23(18)19(25)10-15-4-2-3-5-17(15)21;3-2(4,5)1(6)7/h2-5,11,14,18H,6-10,12-13H2,1H3;(H,6,7). The van der Waals surface area contributed by atoms with Gasteiger partial charge in [-0.1, -0.05) is 18.2 Å². The Morgan fingerprint density at radius 1 is 1.24 bits per heavy atom. The molecule has 1 fully saturated rings. The molecule has 2 aliphatic rings. The number of hydrogen-bond donors (Lipinski definition) is 1. The molecular weight excluding hydrogens is 446 g/mol. The van der Waals surface area contributed by atoms with Crippen molar-refractivity contribution in [1.29, 1.82) is 0 Å². The molecule has 1 amide bonds. The number of alkyl halides is 3. The number of fused-ring (bicyclic) bond motifs is 1. The van der Waals surface area contributed by atoms with Crippen LogP contribution in [0.2, 0.25) is 0 Å². The fraction of sp³-hybridized carbons (Fsp3) is 0.500. The van der Waals surface area contributed by atoms with Crippen molar-refractivity contribution in [2.45, 2.75) is 44.4 Å². The first-order valence-electron chi connectivity index (χ1n) is 10.5. The zero-order valence-electron chi connectivity index (χ0n) is 18.0. The minimum Gasteiger partial charge on any atom is -0.475 e. The highest BCUT2D eigenvalue weighted by Gasteiger charge is 2.38. The lowest BCUT2D eigenvalue weighted by atomic mass is 9.98. The van der Waals surface area contributed by atoms with E-state index in [0.717, 1.165) is 18.7 Å². The Labute approximate surface area is 187 Å². The van der Waals surface area contributed by atoms with Crippen LogP contribution in [-0.4, -0.2) is 58.1 Å². The van der Waals surface area contributed by atoms with Crippen molar-refractivity contribution in [3.8, 4) is 0 Å². The number of aromatic nitrogens is 2. The molecule has 1 aromatic carbocycles. The van der Waals surface area contributed by atoms with E-state index in [-0.39, 0.29) is 24.2 Å². The third-order valence-electron chi connectivity index (χ3n) is 5.59. The van der Waals surface area contributed by atoms with Crippen molar-refractivity contribution in [3.05, 3.63) is 53.1 Å². The molecule has 33 heavy (non-hydrogen) atoms. The van der Waals surface area contributed by atoms with E-state index < -0.39 is 12.1 Å². The summed E-state index contributed by atoms with van der Waals surface area (Å²) in [6, 6.07) is 6.31. The maximum Gasteiger partial charge on any atom is 0.490 e. The molecule has 1 aliphatic carbocycles. The third kappa shape index (κ3) is 6.31. The average Bonchev–Trinajstić information content (AvgIpc) is 3.48. The van der Waals surface area contributed by atoms with Gasteiger partial charge in [0, 0.05) is 20.2 Å². The summed E-state index contributed by atoms with van der Waals surface area (Å²) >= 11 is 0. The normalized spacial score (nSPS) is 17.7. The lowest BCUT2D eigenvalue weighted by Crippen LogP contribution is -2.43. The molecule has 4 rings (SSSR count). The van der Waals surface area contributed by atoms with Gasteiger partial charge >= 0.3 is 12.1 Å². The number of nitrogens with zero attached hydrogens (tertiary/aromatic N) is 3. The van der Waals surface area contributed by atoms with Gasteiger partial charge in [-0.15, -0.1) is 0 Å². The Hall–Kier alpha value is -2.95. The highest BCUT2D eigenvalue weighted by molar-refractivity contribution is 5.79. The Bertz CT molecular complexity index is 988. The third-order valence-corrected chi connectivity index (χ3v) is 5.59. The van der Waals surface area contributed by atoms with Crippen LogP contribution in [0.25, 0.3) is 0 Å². The van der Waals surface area contributed by atoms with Crippen molar-refractivity contribution in [1.82, 2.24) is 14.7 Å². The number of amides is 1. The van der Waals surface area contributed by atoms with E-state index in [9.17, 15) is 22.4 Å². The lowest BCUT2D eigenvalue weighted by Gasteiger charge is -2.36. The molecule has 1 N–H and O–H groups in total. The van der Waals surface area contributed by atoms with Crippen LogP contribution >= 0.6 is 0 Å². The average molecular weight is 471 g/mol. The number of carbonyl (C=O) groups excluding carboxylic acids is 1. The summed E-state index contributed by atoms with van der Waals surface area (Å²) in [5.41, 5.74) is 2.72. The molecule has 1 unspecified atom stereocenters. The largest absolute Gasteiger partial charge is 0.490 e. The first-order valence-corrected chi connectivity index (χ1v) is 10.5. The second kappa shape index (κ2) is 10.3. The molecule has 0 saturated heterocycles. The molecule has 2 heterocycles. The second-order valence-electron chi connectivity index (χ2n) is 8.06. The van der Waals surface area contributed by atoms with Gasteiger partial charge in [-0.3, -0.25) is 9.48 Å². The molecule has 0 spiro atoms. The number of carboxylic acids is 1. The smallest absolute Gasteiger partial charge is 0.475 e. The van der Waals surface area contributed by atoms with Crippen LogP contribution in [0.15, 0.2) is 30.5 Å². The molecule has 11 heteroatoms. The number of benzene rings is 1.